The Balaban J connectivity index is 1.57. The molecule has 3 aromatic carbocycles. The number of rotatable bonds is 6. The van der Waals surface area contributed by atoms with Crippen molar-refractivity contribution in [1.29, 1.82) is 0 Å². The maximum Gasteiger partial charge on any atom is 0.271 e. The first-order valence-corrected chi connectivity index (χ1v) is 8.73. The predicted molar refractivity (Wildman–Crippen MR) is 111 cm³/mol. The van der Waals surface area contributed by atoms with Crippen LogP contribution in [0.5, 0.6) is 11.5 Å². The predicted octanol–water partition coefficient (Wildman–Crippen LogP) is 3.42. The van der Waals surface area contributed by atoms with E-state index in [1.807, 2.05) is 6.07 Å². The molecule has 29 heavy (non-hydrogen) atoms. The van der Waals surface area contributed by atoms with Crippen molar-refractivity contribution >= 4 is 23.7 Å². The second kappa shape index (κ2) is 9.18. The highest BCUT2D eigenvalue weighted by Gasteiger charge is 2.07. The number of hydrogen-bond acceptors (Lipinski definition) is 5. The van der Waals surface area contributed by atoms with Gasteiger partial charge in [0.2, 0.25) is 0 Å². The summed E-state index contributed by atoms with van der Waals surface area (Å²) in [6.07, 6.45) is 1.41. The van der Waals surface area contributed by atoms with Crippen molar-refractivity contribution in [2.75, 3.05) is 12.4 Å². The third kappa shape index (κ3) is 5.20. The lowest BCUT2D eigenvalue weighted by Crippen LogP contribution is -2.17. The summed E-state index contributed by atoms with van der Waals surface area (Å²) in [5, 5.41) is 16.4. The smallest absolute Gasteiger partial charge is 0.271 e. The summed E-state index contributed by atoms with van der Waals surface area (Å²) in [6, 6.07) is 20.1. The minimum Gasteiger partial charge on any atom is -0.504 e. The van der Waals surface area contributed by atoms with E-state index in [0.717, 1.165) is 0 Å². The van der Waals surface area contributed by atoms with Gasteiger partial charge in [0.05, 0.1) is 13.3 Å². The van der Waals surface area contributed by atoms with E-state index in [-0.39, 0.29) is 11.7 Å². The molecule has 2 amide bonds. The van der Waals surface area contributed by atoms with Crippen LogP contribution >= 0.6 is 0 Å². The van der Waals surface area contributed by atoms with Crippen LogP contribution in [-0.2, 0) is 0 Å². The van der Waals surface area contributed by atoms with Crippen molar-refractivity contribution < 1.29 is 19.4 Å². The molecule has 7 heteroatoms. The molecule has 3 rings (SSSR count). The molecule has 0 bridgehead atoms. The highest BCUT2D eigenvalue weighted by atomic mass is 16.5. The molecule has 0 saturated carbocycles. The summed E-state index contributed by atoms with van der Waals surface area (Å²) in [6.45, 7) is 0. The summed E-state index contributed by atoms with van der Waals surface area (Å²) in [4.78, 5) is 24.3. The second-order valence-corrected chi connectivity index (χ2v) is 6.03. The van der Waals surface area contributed by atoms with Crippen LogP contribution in [0.3, 0.4) is 0 Å². The van der Waals surface area contributed by atoms with Crippen LogP contribution in [0.15, 0.2) is 77.9 Å². The lowest BCUT2D eigenvalue weighted by atomic mass is 10.1. The molecule has 7 nitrogen and oxygen atoms in total. The first kappa shape index (κ1) is 19.6. The minimum atomic E-state index is -0.403. The fraction of sp³-hybridized carbons (Fsp3) is 0.0455. The number of phenols is 1. The van der Waals surface area contributed by atoms with Gasteiger partial charge in [-0.15, -0.1) is 0 Å². The summed E-state index contributed by atoms with van der Waals surface area (Å²) in [7, 11) is 1.46. The standard InChI is InChI=1S/C22H19N3O4/c1-29-20-12-7-15(13-19(20)26)14-23-25-22(28)17-8-10-18(11-9-17)24-21(27)16-5-3-2-4-6-16/h2-14,26H,1H3,(H,24,27)(H,25,28)/b23-14+. The molecule has 0 spiro atoms. The number of carbonyl (C=O) groups is 2. The quantitative estimate of drug-likeness (QED) is 0.444. The summed E-state index contributed by atoms with van der Waals surface area (Å²) in [5.41, 5.74) is 4.52. The number of anilines is 1. The van der Waals surface area contributed by atoms with Crippen LogP contribution in [0.1, 0.15) is 26.3 Å². The zero-order valence-electron chi connectivity index (χ0n) is 15.6. The molecule has 0 heterocycles. The molecule has 146 valence electrons. The van der Waals surface area contributed by atoms with Crippen LogP contribution in [0.25, 0.3) is 0 Å². The summed E-state index contributed by atoms with van der Waals surface area (Å²) in [5.74, 6) is -0.295. The number of carbonyl (C=O) groups excluding carboxylic acids is 2. The van der Waals surface area contributed by atoms with Gasteiger partial charge in [-0.25, -0.2) is 5.43 Å². The van der Waals surface area contributed by atoms with Crippen LogP contribution in [0.2, 0.25) is 0 Å². The second-order valence-electron chi connectivity index (χ2n) is 6.03. The maximum atomic E-state index is 12.2. The normalized spacial score (nSPS) is 10.5. The van der Waals surface area contributed by atoms with Gasteiger partial charge in [0, 0.05) is 16.8 Å². The van der Waals surface area contributed by atoms with Crippen LogP contribution in [-0.4, -0.2) is 30.2 Å². The number of methoxy groups -OCH3 is 1. The van der Waals surface area contributed by atoms with Crippen molar-refractivity contribution in [2.45, 2.75) is 0 Å². The molecule has 0 radical (unpaired) electrons. The van der Waals surface area contributed by atoms with E-state index >= 15 is 0 Å². The van der Waals surface area contributed by atoms with Gasteiger partial charge in [0.25, 0.3) is 11.8 Å². The lowest BCUT2D eigenvalue weighted by Gasteiger charge is -2.06. The van der Waals surface area contributed by atoms with Crippen molar-refractivity contribution in [3.63, 3.8) is 0 Å². The van der Waals surface area contributed by atoms with E-state index < -0.39 is 5.91 Å². The average Bonchev–Trinajstić information content (AvgIpc) is 2.75. The van der Waals surface area contributed by atoms with Gasteiger partial charge in [0.1, 0.15) is 0 Å². The van der Waals surface area contributed by atoms with E-state index in [9.17, 15) is 14.7 Å². The molecule has 0 aliphatic heterocycles. The van der Waals surface area contributed by atoms with E-state index in [1.54, 1.807) is 60.7 Å². The zero-order chi connectivity index (χ0) is 20.6. The molecule has 0 atom stereocenters. The highest BCUT2D eigenvalue weighted by Crippen LogP contribution is 2.25. The number of hydrogen-bond donors (Lipinski definition) is 3. The Bertz CT molecular complexity index is 1030. The Kier molecular flexibility index (Phi) is 6.22. The first-order chi connectivity index (χ1) is 14.1. The lowest BCUT2D eigenvalue weighted by molar-refractivity contribution is 0.0954. The van der Waals surface area contributed by atoms with Gasteiger partial charge in [-0.3, -0.25) is 9.59 Å². The monoisotopic (exact) mass is 389 g/mol. The molecule has 0 aliphatic rings. The van der Waals surface area contributed by atoms with Gasteiger partial charge in [-0.1, -0.05) is 18.2 Å². The Morgan fingerprint density at radius 2 is 1.62 bits per heavy atom. The number of nitrogens with one attached hydrogen (secondary N) is 2. The van der Waals surface area contributed by atoms with Gasteiger partial charge in [0.15, 0.2) is 11.5 Å². The number of ether oxygens (including phenoxy) is 1. The zero-order valence-corrected chi connectivity index (χ0v) is 15.6. The van der Waals surface area contributed by atoms with Crippen LogP contribution in [0, 0.1) is 0 Å². The topological polar surface area (TPSA) is 100 Å². The molecular formula is C22H19N3O4. The molecule has 0 saturated heterocycles. The van der Waals surface area contributed by atoms with E-state index in [1.165, 1.54) is 19.4 Å². The fourth-order valence-electron chi connectivity index (χ4n) is 2.52. The number of phenolic OH excluding ortho intramolecular Hbond substituents is 1. The fourth-order valence-corrected chi connectivity index (χ4v) is 2.52. The minimum absolute atomic E-state index is 0.0177. The Labute approximate surface area is 167 Å². The number of aromatic hydroxyl groups is 1. The SMILES string of the molecule is COc1ccc(/C=N/NC(=O)c2ccc(NC(=O)c3ccccc3)cc2)cc1O. The molecular weight excluding hydrogens is 370 g/mol. The van der Waals surface area contributed by atoms with Crippen LogP contribution < -0.4 is 15.5 Å². The number of hydrazone groups is 1. The van der Waals surface area contributed by atoms with Gasteiger partial charge in [-0.2, -0.15) is 5.10 Å². The van der Waals surface area contributed by atoms with Crippen molar-refractivity contribution in [3.05, 3.63) is 89.5 Å². The van der Waals surface area contributed by atoms with Gasteiger partial charge in [-0.05, 0) is 60.2 Å². The third-order valence-corrected chi connectivity index (χ3v) is 4.02. The largest absolute Gasteiger partial charge is 0.504 e. The molecule has 3 N–H and O–H groups in total. The average molecular weight is 389 g/mol. The van der Waals surface area contributed by atoms with Gasteiger partial charge < -0.3 is 15.2 Å². The number of nitrogens with zero attached hydrogens (tertiary/aromatic N) is 1. The van der Waals surface area contributed by atoms with E-state index in [2.05, 4.69) is 15.8 Å². The summed E-state index contributed by atoms with van der Waals surface area (Å²) < 4.78 is 4.97. The van der Waals surface area contributed by atoms with Gasteiger partial charge >= 0.3 is 0 Å². The molecule has 0 unspecified atom stereocenters. The highest BCUT2D eigenvalue weighted by molar-refractivity contribution is 6.04. The molecule has 0 aromatic heterocycles. The third-order valence-electron chi connectivity index (χ3n) is 4.02. The Hall–Kier alpha value is -4.13. The van der Waals surface area contributed by atoms with Crippen molar-refractivity contribution in [2.24, 2.45) is 5.10 Å². The summed E-state index contributed by atoms with van der Waals surface area (Å²) >= 11 is 0. The van der Waals surface area contributed by atoms with Crippen molar-refractivity contribution in [3.8, 4) is 11.5 Å². The molecule has 3 aromatic rings. The number of amides is 2. The molecule has 0 aliphatic carbocycles. The van der Waals surface area contributed by atoms with E-state index in [0.29, 0.717) is 28.1 Å². The maximum absolute atomic E-state index is 12.2. The number of benzene rings is 3. The van der Waals surface area contributed by atoms with E-state index in [4.69, 9.17) is 4.74 Å². The van der Waals surface area contributed by atoms with Crippen LogP contribution in [0.4, 0.5) is 5.69 Å². The Morgan fingerprint density at radius 1 is 0.931 bits per heavy atom. The molecule has 0 fully saturated rings. The Morgan fingerprint density at radius 3 is 2.28 bits per heavy atom. The first-order valence-electron chi connectivity index (χ1n) is 8.73. The van der Waals surface area contributed by atoms with Crippen molar-refractivity contribution in [1.82, 2.24) is 5.43 Å².